The minimum Gasteiger partial charge on any atom is -0.339 e. The SMILES string of the molecule is CNC(=O)N(O)C(C)C#Cc1ccc(Br)cc1. The monoisotopic (exact) mass is 296 g/mol. The van der Waals surface area contributed by atoms with Gasteiger partial charge in [0.05, 0.1) is 0 Å². The number of amides is 2. The molecule has 0 spiro atoms. The lowest BCUT2D eigenvalue weighted by Gasteiger charge is -2.16. The van der Waals surface area contributed by atoms with Crippen molar-refractivity contribution in [3.05, 3.63) is 34.3 Å². The lowest BCUT2D eigenvalue weighted by atomic mass is 10.2. The highest BCUT2D eigenvalue weighted by atomic mass is 79.9. The molecule has 0 aliphatic heterocycles. The molecule has 2 N–H and O–H groups in total. The zero-order valence-corrected chi connectivity index (χ0v) is 11.2. The van der Waals surface area contributed by atoms with E-state index in [0.717, 1.165) is 10.0 Å². The second-order valence-electron chi connectivity index (χ2n) is 3.35. The predicted molar refractivity (Wildman–Crippen MR) is 68.6 cm³/mol. The molecule has 0 aliphatic carbocycles. The fourth-order valence-corrected chi connectivity index (χ4v) is 1.34. The van der Waals surface area contributed by atoms with E-state index in [0.29, 0.717) is 5.06 Å². The van der Waals surface area contributed by atoms with Crippen LogP contribution in [0.3, 0.4) is 0 Å². The van der Waals surface area contributed by atoms with Crippen LogP contribution in [0.15, 0.2) is 28.7 Å². The van der Waals surface area contributed by atoms with Crippen LogP contribution in [0.5, 0.6) is 0 Å². The molecule has 2 amide bonds. The predicted octanol–water partition coefficient (Wildman–Crippen LogP) is 2.22. The second-order valence-corrected chi connectivity index (χ2v) is 4.27. The van der Waals surface area contributed by atoms with E-state index in [1.165, 1.54) is 7.05 Å². The number of hydrogen-bond acceptors (Lipinski definition) is 2. The van der Waals surface area contributed by atoms with Gasteiger partial charge in [-0.15, -0.1) is 0 Å². The first-order chi connectivity index (χ1) is 8.04. The maximum Gasteiger partial charge on any atom is 0.342 e. The Labute approximate surface area is 109 Å². The van der Waals surface area contributed by atoms with Gasteiger partial charge in [0.25, 0.3) is 0 Å². The lowest BCUT2D eigenvalue weighted by molar-refractivity contribution is -0.0566. The molecule has 90 valence electrons. The Morgan fingerprint density at radius 3 is 2.59 bits per heavy atom. The maximum absolute atomic E-state index is 11.1. The Hall–Kier alpha value is -1.51. The van der Waals surface area contributed by atoms with Crippen molar-refractivity contribution in [1.29, 1.82) is 0 Å². The average Bonchev–Trinajstić information content (AvgIpc) is 2.35. The third kappa shape index (κ3) is 4.10. The van der Waals surface area contributed by atoms with Gasteiger partial charge >= 0.3 is 6.03 Å². The molecule has 1 unspecified atom stereocenters. The number of urea groups is 1. The third-order valence-corrected chi connectivity index (χ3v) is 2.59. The molecule has 1 atom stereocenters. The molecule has 0 fully saturated rings. The molecule has 1 rings (SSSR count). The second kappa shape index (κ2) is 6.28. The normalized spacial score (nSPS) is 11.1. The van der Waals surface area contributed by atoms with Crippen molar-refractivity contribution in [3.8, 4) is 11.8 Å². The molecule has 0 saturated carbocycles. The van der Waals surface area contributed by atoms with Crippen LogP contribution in [0.2, 0.25) is 0 Å². The summed E-state index contributed by atoms with van der Waals surface area (Å²) in [7, 11) is 1.44. The largest absolute Gasteiger partial charge is 0.342 e. The van der Waals surface area contributed by atoms with E-state index in [2.05, 4.69) is 33.1 Å². The van der Waals surface area contributed by atoms with E-state index in [9.17, 15) is 10.0 Å². The van der Waals surface area contributed by atoms with Crippen LogP contribution in [0, 0.1) is 11.8 Å². The first kappa shape index (κ1) is 13.6. The average molecular weight is 297 g/mol. The van der Waals surface area contributed by atoms with Crippen molar-refractivity contribution in [2.45, 2.75) is 13.0 Å². The highest BCUT2D eigenvalue weighted by Crippen LogP contribution is 2.09. The number of rotatable bonds is 1. The molecule has 4 nitrogen and oxygen atoms in total. The number of hydroxylamine groups is 2. The van der Waals surface area contributed by atoms with E-state index in [1.807, 2.05) is 24.3 Å². The van der Waals surface area contributed by atoms with Gasteiger partial charge in [0, 0.05) is 17.1 Å². The minimum atomic E-state index is -0.581. The fourth-order valence-electron chi connectivity index (χ4n) is 1.07. The summed E-state index contributed by atoms with van der Waals surface area (Å²) in [6, 6.07) is 6.31. The van der Waals surface area contributed by atoms with Gasteiger partial charge in [0.1, 0.15) is 6.04 Å². The maximum atomic E-state index is 11.1. The topological polar surface area (TPSA) is 52.6 Å². The van der Waals surface area contributed by atoms with Crippen molar-refractivity contribution < 1.29 is 10.0 Å². The van der Waals surface area contributed by atoms with E-state index in [4.69, 9.17) is 0 Å². The van der Waals surface area contributed by atoms with Gasteiger partial charge in [-0.1, -0.05) is 27.8 Å². The van der Waals surface area contributed by atoms with Crippen LogP contribution in [-0.4, -0.2) is 29.4 Å². The first-order valence-electron chi connectivity index (χ1n) is 5.01. The number of hydrogen-bond donors (Lipinski definition) is 2. The summed E-state index contributed by atoms with van der Waals surface area (Å²) in [5.74, 6) is 5.66. The number of benzene rings is 1. The van der Waals surface area contributed by atoms with Crippen molar-refractivity contribution in [2.75, 3.05) is 7.05 Å². The molecular weight excluding hydrogens is 284 g/mol. The summed E-state index contributed by atoms with van der Waals surface area (Å²) in [5, 5.41) is 12.3. The standard InChI is InChI=1S/C12H13BrN2O2/c1-9(15(17)12(16)14-2)3-4-10-5-7-11(13)8-6-10/h5-9,17H,1-2H3,(H,14,16). The molecule has 0 heterocycles. The van der Waals surface area contributed by atoms with Crippen LogP contribution in [-0.2, 0) is 0 Å². The van der Waals surface area contributed by atoms with Crippen LogP contribution in [0.4, 0.5) is 4.79 Å². The zero-order valence-electron chi connectivity index (χ0n) is 9.57. The lowest BCUT2D eigenvalue weighted by Crippen LogP contribution is -2.40. The Morgan fingerprint density at radius 1 is 1.47 bits per heavy atom. The smallest absolute Gasteiger partial charge is 0.339 e. The van der Waals surface area contributed by atoms with Crippen LogP contribution in [0.1, 0.15) is 12.5 Å². The summed E-state index contributed by atoms with van der Waals surface area (Å²) >= 11 is 3.33. The Morgan fingerprint density at radius 2 is 2.06 bits per heavy atom. The van der Waals surface area contributed by atoms with E-state index in [1.54, 1.807) is 6.92 Å². The molecule has 0 radical (unpaired) electrons. The molecule has 1 aromatic carbocycles. The highest BCUT2D eigenvalue weighted by Gasteiger charge is 2.13. The van der Waals surface area contributed by atoms with Crippen LogP contribution in [0.25, 0.3) is 0 Å². The molecule has 17 heavy (non-hydrogen) atoms. The molecule has 1 aromatic rings. The summed E-state index contributed by atoms with van der Waals surface area (Å²) in [6.45, 7) is 1.64. The molecule has 0 aromatic heterocycles. The number of carbonyl (C=O) groups is 1. The summed E-state index contributed by atoms with van der Waals surface area (Å²) < 4.78 is 0.977. The third-order valence-electron chi connectivity index (χ3n) is 2.06. The molecule has 0 saturated heterocycles. The zero-order chi connectivity index (χ0) is 12.8. The van der Waals surface area contributed by atoms with Gasteiger partial charge in [-0.3, -0.25) is 5.21 Å². The van der Waals surface area contributed by atoms with Gasteiger partial charge in [0.15, 0.2) is 0 Å². The van der Waals surface area contributed by atoms with Gasteiger partial charge in [0.2, 0.25) is 0 Å². The van der Waals surface area contributed by atoms with Crippen LogP contribution >= 0.6 is 15.9 Å². The molecule has 5 heteroatoms. The summed E-state index contributed by atoms with van der Waals surface area (Å²) in [5.41, 5.74) is 0.824. The number of halogens is 1. The molecule has 0 bridgehead atoms. The first-order valence-corrected chi connectivity index (χ1v) is 5.81. The van der Waals surface area contributed by atoms with Crippen molar-refractivity contribution in [3.63, 3.8) is 0 Å². The Balaban J connectivity index is 2.71. The quantitative estimate of drug-likeness (QED) is 0.474. The number of carbonyl (C=O) groups excluding carboxylic acids is 1. The number of nitrogens with one attached hydrogen (secondary N) is 1. The van der Waals surface area contributed by atoms with Crippen molar-refractivity contribution in [2.24, 2.45) is 0 Å². The van der Waals surface area contributed by atoms with Crippen molar-refractivity contribution >= 4 is 22.0 Å². The fraction of sp³-hybridized carbons (Fsp3) is 0.250. The van der Waals surface area contributed by atoms with Gasteiger partial charge in [-0.25, -0.2) is 4.79 Å². The van der Waals surface area contributed by atoms with Crippen LogP contribution < -0.4 is 5.32 Å². The van der Waals surface area contributed by atoms with E-state index in [-0.39, 0.29) is 0 Å². The molecule has 0 aliphatic rings. The summed E-state index contributed by atoms with van der Waals surface area (Å²) in [4.78, 5) is 11.1. The van der Waals surface area contributed by atoms with Gasteiger partial charge < -0.3 is 5.32 Å². The Bertz CT molecular complexity index is 448. The Kier molecular flexibility index (Phi) is 5.01. The van der Waals surface area contributed by atoms with E-state index < -0.39 is 12.1 Å². The molecular formula is C12H13BrN2O2. The minimum absolute atomic E-state index is 0.561. The van der Waals surface area contributed by atoms with Gasteiger partial charge in [-0.2, -0.15) is 5.06 Å². The van der Waals surface area contributed by atoms with Gasteiger partial charge in [-0.05, 0) is 31.2 Å². The number of nitrogens with zero attached hydrogens (tertiary/aromatic N) is 1. The van der Waals surface area contributed by atoms with Crippen molar-refractivity contribution in [1.82, 2.24) is 10.4 Å². The van der Waals surface area contributed by atoms with E-state index >= 15 is 0 Å². The highest BCUT2D eigenvalue weighted by molar-refractivity contribution is 9.10. The summed E-state index contributed by atoms with van der Waals surface area (Å²) in [6.07, 6.45) is 0.